The van der Waals surface area contributed by atoms with E-state index in [4.69, 9.17) is 4.74 Å². The predicted octanol–water partition coefficient (Wildman–Crippen LogP) is 1.65. The van der Waals surface area contributed by atoms with Gasteiger partial charge in [0.1, 0.15) is 12.1 Å². The van der Waals surface area contributed by atoms with Gasteiger partial charge in [-0.1, -0.05) is 6.07 Å². The smallest absolute Gasteiger partial charge is 0.215 e. The van der Waals surface area contributed by atoms with E-state index in [0.717, 1.165) is 25.5 Å². The zero-order chi connectivity index (χ0) is 12.9. The van der Waals surface area contributed by atoms with Crippen LogP contribution in [0.2, 0.25) is 0 Å². The van der Waals surface area contributed by atoms with E-state index in [1.165, 1.54) is 12.8 Å². The van der Waals surface area contributed by atoms with Crippen molar-refractivity contribution in [1.29, 1.82) is 0 Å². The third-order valence-corrected chi connectivity index (χ3v) is 3.34. The molecule has 1 saturated heterocycles. The molecule has 2 aromatic heterocycles. The maximum atomic E-state index is 5.80. The highest BCUT2D eigenvalue weighted by molar-refractivity contribution is 5.27. The van der Waals surface area contributed by atoms with E-state index < -0.39 is 0 Å². The monoisotopic (exact) mass is 258 g/mol. The molecule has 1 aliphatic rings. The van der Waals surface area contributed by atoms with Gasteiger partial charge < -0.3 is 10.1 Å². The molecule has 100 valence electrons. The summed E-state index contributed by atoms with van der Waals surface area (Å²) in [6.45, 7) is 2.90. The summed E-state index contributed by atoms with van der Waals surface area (Å²) in [5.41, 5.74) is 0. The summed E-state index contributed by atoms with van der Waals surface area (Å²) in [6.07, 6.45) is 7.81. The van der Waals surface area contributed by atoms with Crippen LogP contribution in [-0.2, 0) is 0 Å². The van der Waals surface area contributed by atoms with Crippen LogP contribution < -0.4 is 10.1 Å². The normalized spacial score (nSPS) is 19.3. The molecular weight excluding hydrogens is 240 g/mol. The summed E-state index contributed by atoms with van der Waals surface area (Å²) < 4.78 is 7.67. The van der Waals surface area contributed by atoms with Gasteiger partial charge in [0, 0.05) is 30.9 Å². The van der Waals surface area contributed by atoms with Crippen LogP contribution >= 0.6 is 0 Å². The Bertz CT molecular complexity index is 506. The maximum Gasteiger partial charge on any atom is 0.215 e. The molecule has 1 atom stereocenters. The van der Waals surface area contributed by atoms with Gasteiger partial charge in [-0.25, -0.2) is 4.98 Å². The highest BCUT2D eigenvalue weighted by Crippen LogP contribution is 2.15. The lowest BCUT2D eigenvalue weighted by Crippen LogP contribution is -2.33. The summed E-state index contributed by atoms with van der Waals surface area (Å²) in [4.78, 5) is 8.50. The van der Waals surface area contributed by atoms with Crippen molar-refractivity contribution in [2.45, 2.75) is 12.8 Å². The Morgan fingerprint density at radius 2 is 2.42 bits per heavy atom. The van der Waals surface area contributed by atoms with Gasteiger partial charge in [-0.3, -0.25) is 4.57 Å². The SMILES string of the molecule is c1cc(OCC2CCCNC2)nc(-n2ccnc2)c1. The van der Waals surface area contributed by atoms with Crippen LogP contribution in [0.25, 0.3) is 5.82 Å². The first-order valence-electron chi connectivity index (χ1n) is 6.71. The molecule has 3 heterocycles. The van der Waals surface area contributed by atoms with Crippen LogP contribution in [0.15, 0.2) is 36.9 Å². The van der Waals surface area contributed by atoms with Crippen LogP contribution in [0, 0.1) is 5.92 Å². The summed E-state index contributed by atoms with van der Waals surface area (Å²) in [5.74, 6) is 2.10. The van der Waals surface area contributed by atoms with Gasteiger partial charge in [0.2, 0.25) is 5.88 Å². The number of aromatic nitrogens is 3. The van der Waals surface area contributed by atoms with E-state index in [9.17, 15) is 0 Å². The average molecular weight is 258 g/mol. The van der Waals surface area contributed by atoms with Crippen LogP contribution in [0.5, 0.6) is 5.88 Å². The molecule has 0 saturated carbocycles. The van der Waals surface area contributed by atoms with Gasteiger partial charge in [0.05, 0.1) is 6.61 Å². The third-order valence-electron chi connectivity index (χ3n) is 3.34. The Labute approximate surface area is 112 Å². The molecule has 2 aromatic rings. The lowest BCUT2D eigenvalue weighted by molar-refractivity contribution is 0.212. The minimum absolute atomic E-state index is 0.590. The van der Waals surface area contributed by atoms with Crippen LogP contribution in [0.1, 0.15) is 12.8 Å². The minimum atomic E-state index is 0.590. The topological polar surface area (TPSA) is 52.0 Å². The highest BCUT2D eigenvalue weighted by atomic mass is 16.5. The van der Waals surface area contributed by atoms with Gasteiger partial charge in [0.15, 0.2) is 0 Å². The van der Waals surface area contributed by atoms with Crippen molar-refractivity contribution < 1.29 is 4.74 Å². The van der Waals surface area contributed by atoms with Gasteiger partial charge in [-0.15, -0.1) is 0 Å². The minimum Gasteiger partial charge on any atom is -0.477 e. The molecule has 1 N–H and O–H groups in total. The summed E-state index contributed by atoms with van der Waals surface area (Å²) >= 11 is 0. The number of imidazole rings is 1. The number of pyridine rings is 1. The number of ether oxygens (including phenoxy) is 1. The first-order valence-corrected chi connectivity index (χ1v) is 6.71. The fraction of sp³-hybridized carbons (Fsp3) is 0.429. The van der Waals surface area contributed by atoms with E-state index in [0.29, 0.717) is 11.8 Å². The fourth-order valence-electron chi connectivity index (χ4n) is 2.29. The van der Waals surface area contributed by atoms with Crippen molar-refractivity contribution >= 4 is 0 Å². The van der Waals surface area contributed by atoms with Gasteiger partial charge in [0.25, 0.3) is 0 Å². The zero-order valence-electron chi connectivity index (χ0n) is 10.8. The first-order chi connectivity index (χ1) is 9.42. The van der Waals surface area contributed by atoms with Gasteiger partial charge in [-0.2, -0.15) is 4.98 Å². The maximum absolute atomic E-state index is 5.80. The Kier molecular flexibility index (Phi) is 3.74. The molecule has 19 heavy (non-hydrogen) atoms. The van der Waals surface area contributed by atoms with E-state index >= 15 is 0 Å². The van der Waals surface area contributed by atoms with Gasteiger partial charge in [-0.05, 0) is 25.5 Å². The molecule has 0 aromatic carbocycles. The molecule has 1 aliphatic heterocycles. The molecule has 0 bridgehead atoms. The molecule has 0 spiro atoms. The van der Waals surface area contributed by atoms with Gasteiger partial charge >= 0.3 is 0 Å². The Morgan fingerprint density at radius 1 is 1.42 bits per heavy atom. The lowest BCUT2D eigenvalue weighted by Gasteiger charge is -2.22. The molecule has 1 unspecified atom stereocenters. The second-order valence-electron chi connectivity index (χ2n) is 4.83. The van der Waals surface area contributed by atoms with Crippen molar-refractivity contribution in [3.8, 4) is 11.7 Å². The van der Waals surface area contributed by atoms with E-state index in [-0.39, 0.29) is 0 Å². The molecule has 1 fully saturated rings. The molecule has 0 radical (unpaired) electrons. The van der Waals surface area contributed by atoms with Crippen molar-refractivity contribution in [3.63, 3.8) is 0 Å². The van der Waals surface area contributed by atoms with Crippen molar-refractivity contribution in [1.82, 2.24) is 19.9 Å². The predicted molar refractivity (Wildman–Crippen MR) is 72.4 cm³/mol. The Balaban J connectivity index is 1.63. The molecule has 0 aliphatic carbocycles. The number of piperidine rings is 1. The van der Waals surface area contributed by atoms with Crippen molar-refractivity contribution in [3.05, 3.63) is 36.9 Å². The number of rotatable bonds is 4. The fourth-order valence-corrected chi connectivity index (χ4v) is 2.29. The molecule has 0 amide bonds. The second kappa shape index (κ2) is 5.84. The molecular formula is C14H18N4O. The first kappa shape index (κ1) is 12.2. The van der Waals surface area contributed by atoms with Crippen molar-refractivity contribution in [2.75, 3.05) is 19.7 Å². The zero-order valence-corrected chi connectivity index (χ0v) is 10.8. The number of hydrogen-bond acceptors (Lipinski definition) is 4. The third kappa shape index (κ3) is 3.12. The van der Waals surface area contributed by atoms with Crippen molar-refractivity contribution in [2.24, 2.45) is 5.92 Å². The largest absolute Gasteiger partial charge is 0.477 e. The van der Waals surface area contributed by atoms with Crippen LogP contribution in [0.3, 0.4) is 0 Å². The number of nitrogens with zero attached hydrogens (tertiary/aromatic N) is 3. The summed E-state index contributed by atoms with van der Waals surface area (Å²) in [5, 5.41) is 3.39. The van der Waals surface area contributed by atoms with E-state index in [1.54, 1.807) is 12.5 Å². The number of hydrogen-bond donors (Lipinski definition) is 1. The molecule has 5 heteroatoms. The summed E-state index contributed by atoms with van der Waals surface area (Å²) in [7, 11) is 0. The molecule has 5 nitrogen and oxygen atoms in total. The highest BCUT2D eigenvalue weighted by Gasteiger charge is 2.13. The Hall–Kier alpha value is -1.88. The average Bonchev–Trinajstić information content (AvgIpc) is 3.01. The Morgan fingerprint density at radius 3 is 3.21 bits per heavy atom. The lowest BCUT2D eigenvalue weighted by atomic mass is 10.0. The standard InChI is InChI=1S/C14H18N4O/c1-4-13(18-8-7-16-11-18)17-14(5-1)19-10-12-3-2-6-15-9-12/h1,4-5,7-8,11-12,15H,2-3,6,9-10H2. The van der Waals surface area contributed by atoms with Crippen LogP contribution in [0.4, 0.5) is 0 Å². The quantitative estimate of drug-likeness (QED) is 0.906. The van der Waals surface area contributed by atoms with E-state index in [2.05, 4.69) is 15.3 Å². The molecule has 3 rings (SSSR count). The van der Waals surface area contributed by atoms with Crippen LogP contribution in [-0.4, -0.2) is 34.2 Å². The number of nitrogens with one attached hydrogen (secondary N) is 1. The van der Waals surface area contributed by atoms with E-state index in [1.807, 2.05) is 29.0 Å². The summed E-state index contributed by atoms with van der Waals surface area (Å²) in [6, 6.07) is 5.80. The second-order valence-corrected chi connectivity index (χ2v) is 4.83.